The highest BCUT2D eigenvalue weighted by atomic mass is 19.4. The monoisotopic (exact) mass is 257 g/mol. The Morgan fingerprint density at radius 1 is 1.33 bits per heavy atom. The van der Waals surface area contributed by atoms with Crippen LogP contribution in [0.1, 0.15) is 24.3 Å². The van der Waals surface area contributed by atoms with Gasteiger partial charge in [-0.25, -0.2) is 4.98 Å². The minimum atomic E-state index is -4.41. The first kappa shape index (κ1) is 12.6. The minimum Gasteiger partial charge on any atom is -0.444 e. The molecule has 0 bridgehead atoms. The van der Waals surface area contributed by atoms with E-state index in [9.17, 15) is 18.3 Å². The molecule has 0 saturated carbocycles. The van der Waals surface area contributed by atoms with Crippen LogP contribution in [0.5, 0.6) is 0 Å². The topological polar surface area (TPSA) is 46.3 Å². The van der Waals surface area contributed by atoms with E-state index in [0.717, 1.165) is 12.1 Å². The van der Waals surface area contributed by atoms with Gasteiger partial charge in [0.1, 0.15) is 12.0 Å². The lowest BCUT2D eigenvalue weighted by Gasteiger charge is -2.06. The maximum Gasteiger partial charge on any atom is 0.416 e. The molecule has 1 aromatic heterocycles. The first-order valence-electron chi connectivity index (χ1n) is 5.19. The second-order valence-electron chi connectivity index (χ2n) is 3.83. The number of nitrogens with zero attached hydrogens (tertiary/aromatic N) is 1. The lowest BCUT2D eigenvalue weighted by atomic mass is 10.1. The molecule has 2 aromatic rings. The molecule has 1 atom stereocenters. The van der Waals surface area contributed by atoms with Gasteiger partial charge in [-0.1, -0.05) is 6.07 Å². The highest BCUT2D eigenvalue weighted by Gasteiger charge is 2.30. The molecule has 0 spiro atoms. The van der Waals surface area contributed by atoms with E-state index in [0.29, 0.717) is 0 Å². The summed E-state index contributed by atoms with van der Waals surface area (Å²) in [4.78, 5) is 3.92. The van der Waals surface area contributed by atoms with E-state index in [2.05, 4.69) is 4.98 Å². The van der Waals surface area contributed by atoms with Crippen LogP contribution in [0.25, 0.3) is 11.5 Å². The van der Waals surface area contributed by atoms with Crippen LogP contribution in [-0.2, 0) is 6.18 Å². The summed E-state index contributed by atoms with van der Waals surface area (Å²) < 4.78 is 42.6. The van der Waals surface area contributed by atoms with Crippen molar-refractivity contribution < 1.29 is 22.7 Å². The normalized spacial score (nSPS) is 13.6. The Hall–Kier alpha value is -1.82. The van der Waals surface area contributed by atoms with Gasteiger partial charge in [0.05, 0.1) is 11.7 Å². The third kappa shape index (κ3) is 2.53. The fourth-order valence-corrected chi connectivity index (χ4v) is 1.44. The van der Waals surface area contributed by atoms with Gasteiger partial charge < -0.3 is 9.52 Å². The molecule has 0 radical (unpaired) electrons. The molecule has 2 rings (SSSR count). The van der Waals surface area contributed by atoms with Gasteiger partial charge in [-0.05, 0) is 25.1 Å². The van der Waals surface area contributed by atoms with Gasteiger partial charge in [-0.3, -0.25) is 0 Å². The summed E-state index contributed by atoms with van der Waals surface area (Å²) in [7, 11) is 0. The van der Waals surface area contributed by atoms with Crippen molar-refractivity contribution in [2.24, 2.45) is 0 Å². The Morgan fingerprint density at radius 3 is 2.61 bits per heavy atom. The van der Waals surface area contributed by atoms with Crippen LogP contribution in [0, 0.1) is 0 Å². The molecule has 96 valence electrons. The van der Waals surface area contributed by atoms with Crippen molar-refractivity contribution in [3.05, 3.63) is 41.8 Å². The van der Waals surface area contributed by atoms with Crippen LogP contribution in [0.4, 0.5) is 13.2 Å². The van der Waals surface area contributed by atoms with Crippen molar-refractivity contribution in [3.8, 4) is 11.5 Å². The third-order valence-electron chi connectivity index (χ3n) is 2.39. The largest absolute Gasteiger partial charge is 0.444 e. The Morgan fingerprint density at radius 2 is 2.06 bits per heavy atom. The van der Waals surface area contributed by atoms with E-state index in [-0.39, 0.29) is 17.1 Å². The molecule has 1 N–H and O–H groups in total. The van der Waals surface area contributed by atoms with Crippen molar-refractivity contribution in [3.63, 3.8) is 0 Å². The van der Waals surface area contributed by atoms with E-state index in [1.807, 2.05) is 0 Å². The summed E-state index contributed by atoms with van der Waals surface area (Å²) in [5.41, 5.74) is -0.268. The zero-order chi connectivity index (χ0) is 13.3. The van der Waals surface area contributed by atoms with Gasteiger partial charge >= 0.3 is 6.18 Å². The molecule has 0 aliphatic heterocycles. The van der Waals surface area contributed by atoms with Crippen molar-refractivity contribution >= 4 is 0 Å². The van der Waals surface area contributed by atoms with Crippen molar-refractivity contribution in [1.29, 1.82) is 0 Å². The molecule has 0 aliphatic rings. The first-order chi connectivity index (χ1) is 8.38. The average Bonchev–Trinajstić information content (AvgIpc) is 2.77. The molecule has 6 heteroatoms. The number of oxazole rings is 1. The summed E-state index contributed by atoms with van der Waals surface area (Å²) in [6.45, 7) is 1.49. The quantitative estimate of drug-likeness (QED) is 0.896. The number of halogens is 3. The number of aliphatic hydroxyl groups excluding tert-OH is 1. The second-order valence-corrected chi connectivity index (χ2v) is 3.83. The minimum absolute atomic E-state index is 0.0528. The maximum absolute atomic E-state index is 12.5. The maximum atomic E-state index is 12.5. The molecule has 0 amide bonds. The van der Waals surface area contributed by atoms with E-state index < -0.39 is 17.8 Å². The summed E-state index contributed by atoms with van der Waals surface area (Å²) in [5.74, 6) is 0.0528. The fraction of sp³-hybridized carbons (Fsp3) is 0.250. The van der Waals surface area contributed by atoms with Crippen molar-refractivity contribution in [2.45, 2.75) is 19.2 Å². The summed E-state index contributed by atoms with van der Waals surface area (Å²) in [5, 5.41) is 9.27. The fourth-order valence-electron chi connectivity index (χ4n) is 1.44. The highest BCUT2D eigenvalue weighted by Crippen LogP contribution is 2.32. The van der Waals surface area contributed by atoms with Gasteiger partial charge in [0.25, 0.3) is 0 Å². The molecule has 18 heavy (non-hydrogen) atoms. The summed E-state index contributed by atoms with van der Waals surface area (Å²) in [6.07, 6.45) is -4.01. The van der Waals surface area contributed by atoms with Crippen LogP contribution in [0.3, 0.4) is 0 Å². The lowest BCUT2D eigenvalue weighted by molar-refractivity contribution is -0.137. The van der Waals surface area contributed by atoms with E-state index in [1.54, 1.807) is 0 Å². The number of aliphatic hydroxyl groups is 1. The number of benzene rings is 1. The van der Waals surface area contributed by atoms with E-state index in [4.69, 9.17) is 4.42 Å². The van der Waals surface area contributed by atoms with Gasteiger partial charge in [0, 0.05) is 5.56 Å². The molecular formula is C12H10F3NO2. The Labute approximate surface area is 101 Å². The summed E-state index contributed by atoms with van der Waals surface area (Å²) >= 11 is 0. The van der Waals surface area contributed by atoms with Crippen LogP contribution in [-0.4, -0.2) is 10.1 Å². The number of hydrogen-bond acceptors (Lipinski definition) is 3. The number of aromatic nitrogens is 1. The van der Waals surface area contributed by atoms with Gasteiger partial charge in [0.2, 0.25) is 5.89 Å². The van der Waals surface area contributed by atoms with Crippen LogP contribution in [0.15, 0.2) is 34.9 Å². The molecule has 0 fully saturated rings. The molecule has 0 aliphatic carbocycles. The van der Waals surface area contributed by atoms with E-state index >= 15 is 0 Å². The van der Waals surface area contributed by atoms with Gasteiger partial charge in [-0.15, -0.1) is 0 Å². The molecule has 1 aromatic carbocycles. The van der Waals surface area contributed by atoms with Crippen molar-refractivity contribution in [1.82, 2.24) is 4.98 Å². The molecular weight excluding hydrogens is 247 g/mol. The Bertz CT molecular complexity index is 546. The highest BCUT2D eigenvalue weighted by molar-refractivity contribution is 5.54. The lowest BCUT2D eigenvalue weighted by Crippen LogP contribution is -2.04. The number of rotatable bonds is 2. The predicted octanol–water partition coefficient (Wildman–Crippen LogP) is 3.41. The molecule has 3 nitrogen and oxygen atoms in total. The molecule has 0 saturated heterocycles. The standard InChI is InChI=1S/C12H10F3NO2/c1-7(17)10-6-18-11(16-10)8-3-2-4-9(5-8)12(13,14)15/h2-7,17H,1H3. The van der Waals surface area contributed by atoms with Gasteiger partial charge in [-0.2, -0.15) is 13.2 Å². The Kier molecular flexibility index (Phi) is 3.13. The zero-order valence-electron chi connectivity index (χ0n) is 9.40. The van der Waals surface area contributed by atoms with Crippen LogP contribution < -0.4 is 0 Å². The van der Waals surface area contributed by atoms with E-state index in [1.165, 1.54) is 25.3 Å². The Balaban J connectivity index is 2.38. The summed E-state index contributed by atoms with van der Waals surface area (Å²) in [6, 6.07) is 4.68. The number of hydrogen-bond donors (Lipinski definition) is 1. The van der Waals surface area contributed by atoms with Crippen LogP contribution >= 0.6 is 0 Å². The number of alkyl halides is 3. The second kappa shape index (κ2) is 4.45. The molecule has 1 heterocycles. The van der Waals surface area contributed by atoms with Gasteiger partial charge in [0.15, 0.2) is 0 Å². The predicted molar refractivity (Wildman–Crippen MR) is 57.6 cm³/mol. The third-order valence-corrected chi connectivity index (χ3v) is 2.39. The average molecular weight is 257 g/mol. The van der Waals surface area contributed by atoms with Crippen LogP contribution in [0.2, 0.25) is 0 Å². The molecule has 1 unspecified atom stereocenters. The SMILES string of the molecule is CC(O)c1coc(-c2cccc(C(F)(F)F)c2)n1. The first-order valence-corrected chi connectivity index (χ1v) is 5.19. The zero-order valence-corrected chi connectivity index (χ0v) is 9.40. The smallest absolute Gasteiger partial charge is 0.416 e. The van der Waals surface area contributed by atoms with Crippen molar-refractivity contribution in [2.75, 3.05) is 0 Å².